The molecule has 1 amide bonds. The minimum atomic E-state index is -0.827. The molecule has 1 aromatic heterocycles. The number of carbonyl (C=O) groups excluding carboxylic acids is 1. The minimum Gasteiger partial charge on any atom is -0.482 e. The number of halogens is 2. The Morgan fingerprint density at radius 2 is 1.88 bits per heavy atom. The highest BCUT2D eigenvalue weighted by Gasteiger charge is 2.24. The van der Waals surface area contributed by atoms with Crippen molar-refractivity contribution in [2.24, 2.45) is 0 Å². The summed E-state index contributed by atoms with van der Waals surface area (Å²) in [5.41, 5.74) is 0.542. The van der Waals surface area contributed by atoms with Crippen LogP contribution in [0, 0.1) is 11.6 Å². The molecule has 0 atom stereocenters. The predicted octanol–water partition coefficient (Wildman–Crippen LogP) is 3.49. The number of nitrogens with one attached hydrogen (secondary N) is 2. The number of aromatic nitrogens is 2. The second-order valence-corrected chi connectivity index (χ2v) is 7.21. The standard InChI is InChI=1S/C22H15F2N3O5/c23-14-4-3-11-5-13(2-1-12(11)6-14)21(28)25-18-8-19(31-15-9-30-10-15)17(24)7-16(18)20-26-22(29)32-27-20/h1-8,15H,9-10H2,(H,25,28)(H,26,27,29). The molecule has 2 heterocycles. The van der Waals surface area contributed by atoms with Crippen LogP contribution in [-0.2, 0) is 4.74 Å². The van der Waals surface area contributed by atoms with E-state index < -0.39 is 17.5 Å². The second-order valence-electron chi connectivity index (χ2n) is 7.21. The highest BCUT2D eigenvalue weighted by atomic mass is 19.1. The number of fused-ring (bicyclic) bond motifs is 1. The Morgan fingerprint density at radius 3 is 2.59 bits per heavy atom. The van der Waals surface area contributed by atoms with Gasteiger partial charge in [0.25, 0.3) is 5.91 Å². The molecule has 0 spiro atoms. The van der Waals surface area contributed by atoms with Crippen molar-refractivity contribution in [1.82, 2.24) is 10.1 Å². The molecule has 8 nitrogen and oxygen atoms in total. The van der Waals surface area contributed by atoms with Crippen LogP contribution in [0.3, 0.4) is 0 Å². The van der Waals surface area contributed by atoms with E-state index in [4.69, 9.17) is 9.47 Å². The number of hydrogen-bond donors (Lipinski definition) is 2. The molecular formula is C22H15F2N3O5. The Morgan fingerprint density at radius 1 is 1.09 bits per heavy atom. The van der Waals surface area contributed by atoms with Crippen LogP contribution < -0.4 is 15.8 Å². The van der Waals surface area contributed by atoms with Crippen LogP contribution in [-0.4, -0.2) is 35.4 Å². The molecule has 0 aliphatic carbocycles. The maximum Gasteiger partial charge on any atom is 0.439 e. The number of hydrogen-bond acceptors (Lipinski definition) is 6. The molecule has 5 rings (SSSR count). The number of anilines is 1. The average Bonchev–Trinajstić information content (AvgIpc) is 3.18. The predicted molar refractivity (Wildman–Crippen MR) is 110 cm³/mol. The fourth-order valence-corrected chi connectivity index (χ4v) is 3.30. The molecule has 0 radical (unpaired) electrons. The summed E-state index contributed by atoms with van der Waals surface area (Å²) in [7, 11) is 0. The number of rotatable bonds is 5. The van der Waals surface area contributed by atoms with Gasteiger partial charge < -0.3 is 14.8 Å². The lowest BCUT2D eigenvalue weighted by atomic mass is 10.1. The topological polar surface area (TPSA) is 106 Å². The first kappa shape index (κ1) is 19.9. The van der Waals surface area contributed by atoms with Crippen molar-refractivity contribution in [3.8, 4) is 17.1 Å². The molecule has 0 unspecified atom stereocenters. The van der Waals surface area contributed by atoms with Crippen molar-refractivity contribution >= 4 is 22.4 Å². The molecule has 1 saturated heterocycles. The molecule has 3 aromatic carbocycles. The second kappa shape index (κ2) is 7.89. The van der Waals surface area contributed by atoms with E-state index in [1.54, 1.807) is 24.3 Å². The summed E-state index contributed by atoms with van der Waals surface area (Å²) in [5.74, 6) is -2.56. The molecule has 1 fully saturated rings. The number of carbonyl (C=O) groups is 1. The number of ether oxygens (including phenoxy) is 2. The number of H-pyrrole nitrogens is 1. The van der Waals surface area contributed by atoms with Gasteiger partial charge in [0, 0.05) is 17.2 Å². The first-order valence-corrected chi connectivity index (χ1v) is 9.61. The quantitative estimate of drug-likeness (QED) is 0.493. The molecule has 2 N–H and O–H groups in total. The molecule has 0 saturated carbocycles. The number of aromatic amines is 1. The van der Waals surface area contributed by atoms with E-state index in [1.807, 2.05) is 0 Å². The molecule has 162 valence electrons. The van der Waals surface area contributed by atoms with Crippen LogP contribution in [0.4, 0.5) is 14.5 Å². The normalized spacial score (nSPS) is 13.7. The van der Waals surface area contributed by atoms with Gasteiger partial charge in [0.15, 0.2) is 17.4 Å². The van der Waals surface area contributed by atoms with E-state index in [-0.39, 0.29) is 34.7 Å². The van der Waals surface area contributed by atoms with Gasteiger partial charge >= 0.3 is 5.76 Å². The molecule has 1 aliphatic rings. The zero-order valence-electron chi connectivity index (χ0n) is 16.4. The summed E-state index contributed by atoms with van der Waals surface area (Å²) in [5, 5.41) is 7.59. The van der Waals surface area contributed by atoms with E-state index in [1.165, 1.54) is 18.2 Å². The maximum atomic E-state index is 14.7. The Hall–Kier alpha value is -4.05. The van der Waals surface area contributed by atoms with Gasteiger partial charge in [-0.1, -0.05) is 17.3 Å². The monoisotopic (exact) mass is 439 g/mol. The largest absolute Gasteiger partial charge is 0.482 e. The Labute approximate surface area is 178 Å². The highest BCUT2D eigenvalue weighted by molar-refractivity contribution is 6.08. The van der Waals surface area contributed by atoms with Gasteiger partial charge in [-0.2, -0.15) is 0 Å². The van der Waals surface area contributed by atoms with Gasteiger partial charge in [-0.25, -0.2) is 13.6 Å². The number of nitrogens with zero attached hydrogens (tertiary/aromatic N) is 1. The van der Waals surface area contributed by atoms with Gasteiger partial charge in [0.1, 0.15) is 11.9 Å². The van der Waals surface area contributed by atoms with Crippen molar-refractivity contribution in [2.45, 2.75) is 6.10 Å². The van der Waals surface area contributed by atoms with Gasteiger partial charge in [0.05, 0.1) is 18.9 Å². The summed E-state index contributed by atoms with van der Waals surface area (Å²) in [6, 6.07) is 11.4. The van der Waals surface area contributed by atoms with E-state index in [2.05, 4.69) is 20.0 Å². The van der Waals surface area contributed by atoms with Crippen LogP contribution >= 0.6 is 0 Å². The Balaban J connectivity index is 1.51. The zero-order chi connectivity index (χ0) is 22.2. The lowest BCUT2D eigenvalue weighted by Crippen LogP contribution is -2.38. The fraction of sp³-hybridized carbons (Fsp3) is 0.136. The summed E-state index contributed by atoms with van der Waals surface area (Å²) in [6.07, 6.45) is -0.299. The van der Waals surface area contributed by atoms with Crippen molar-refractivity contribution in [1.29, 1.82) is 0 Å². The van der Waals surface area contributed by atoms with E-state index in [0.717, 1.165) is 6.07 Å². The van der Waals surface area contributed by atoms with Crippen molar-refractivity contribution in [3.63, 3.8) is 0 Å². The van der Waals surface area contributed by atoms with Crippen LogP contribution in [0.25, 0.3) is 22.2 Å². The van der Waals surface area contributed by atoms with E-state index in [0.29, 0.717) is 29.5 Å². The molecule has 0 bridgehead atoms. The number of benzene rings is 3. The summed E-state index contributed by atoms with van der Waals surface area (Å²) < 4.78 is 43.2. The minimum absolute atomic E-state index is 0.0586. The zero-order valence-corrected chi connectivity index (χ0v) is 16.4. The SMILES string of the molecule is O=C(Nc1cc(OC2COC2)c(F)cc1-c1noc(=O)[nH]1)c1ccc2cc(F)ccc2c1. The third-order valence-electron chi connectivity index (χ3n) is 4.98. The highest BCUT2D eigenvalue weighted by Crippen LogP contribution is 2.33. The van der Waals surface area contributed by atoms with E-state index in [9.17, 15) is 18.4 Å². The lowest BCUT2D eigenvalue weighted by molar-refractivity contribution is -0.0808. The molecule has 1 aliphatic heterocycles. The van der Waals surface area contributed by atoms with Crippen molar-refractivity contribution in [3.05, 3.63) is 76.3 Å². The fourth-order valence-electron chi connectivity index (χ4n) is 3.30. The summed E-state index contributed by atoms with van der Waals surface area (Å²) >= 11 is 0. The third-order valence-corrected chi connectivity index (χ3v) is 4.98. The first-order valence-electron chi connectivity index (χ1n) is 9.61. The average molecular weight is 439 g/mol. The van der Waals surface area contributed by atoms with Crippen LogP contribution in [0.2, 0.25) is 0 Å². The van der Waals surface area contributed by atoms with Crippen LogP contribution in [0.15, 0.2) is 57.8 Å². The maximum absolute atomic E-state index is 14.7. The smallest absolute Gasteiger partial charge is 0.439 e. The van der Waals surface area contributed by atoms with Gasteiger partial charge in [-0.3, -0.25) is 14.3 Å². The molecule has 10 heteroatoms. The first-order chi connectivity index (χ1) is 15.5. The molecule has 32 heavy (non-hydrogen) atoms. The summed E-state index contributed by atoms with van der Waals surface area (Å²) in [6.45, 7) is 0.661. The Bertz CT molecular complexity index is 1390. The van der Waals surface area contributed by atoms with Crippen molar-refractivity contribution < 1.29 is 27.6 Å². The van der Waals surface area contributed by atoms with Gasteiger partial charge in [-0.05, 0) is 41.1 Å². The number of amides is 1. The lowest BCUT2D eigenvalue weighted by Gasteiger charge is -2.27. The molecular weight excluding hydrogens is 424 g/mol. The molecule has 4 aromatic rings. The van der Waals surface area contributed by atoms with E-state index >= 15 is 0 Å². The third kappa shape index (κ3) is 3.83. The van der Waals surface area contributed by atoms with Crippen molar-refractivity contribution in [2.75, 3.05) is 18.5 Å². The van der Waals surface area contributed by atoms with Crippen LogP contribution in [0.5, 0.6) is 5.75 Å². The van der Waals surface area contributed by atoms with Gasteiger partial charge in [0.2, 0.25) is 0 Å². The Kier molecular flexibility index (Phi) is 4.91. The van der Waals surface area contributed by atoms with Crippen LogP contribution in [0.1, 0.15) is 10.4 Å². The van der Waals surface area contributed by atoms with Gasteiger partial charge in [-0.15, -0.1) is 0 Å². The summed E-state index contributed by atoms with van der Waals surface area (Å²) in [4.78, 5) is 26.7.